The Kier molecular flexibility index (Phi) is 4.79. The van der Waals surface area contributed by atoms with E-state index < -0.39 is 0 Å². The van der Waals surface area contributed by atoms with E-state index in [1.807, 2.05) is 12.3 Å². The Hall–Kier alpha value is -1.81. The van der Waals surface area contributed by atoms with Gasteiger partial charge in [0.05, 0.1) is 6.54 Å². The molecule has 2 aromatic rings. The molecule has 0 fully saturated rings. The van der Waals surface area contributed by atoms with Crippen molar-refractivity contribution < 1.29 is 4.74 Å². The summed E-state index contributed by atoms with van der Waals surface area (Å²) in [6.45, 7) is 8.35. The summed E-state index contributed by atoms with van der Waals surface area (Å²) in [6.07, 6.45) is 1.86. The number of hydrogen-bond acceptors (Lipinski definition) is 3. The summed E-state index contributed by atoms with van der Waals surface area (Å²) in [4.78, 5) is 0. The number of hydrogen-bond donors (Lipinski definition) is 1. The Bertz CT molecular complexity index is 561. The number of ether oxygens (including phenoxy) is 1. The Labute approximate surface area is 120 Å². The van der Waals surface area contributed by atoms with Gasteiger partial charge < -0.3 is 10.5 Å². The van der Waals surface area contributed by atoms with Crippen molar-refractivity contribution in [2.75, 3.05) is 13.2 Å². The molecule has 1 aromatic carbocycles. The maximum Gasteiger partial charge on any atom is 0.119 e. The fourth-order valence-corrected chi connectivity index (χ4v) is 2.24. The van der Waals surface area contributed by atoms with Gasteiger partial charge in [-0.3, -0.25) is 4.68 Å². The lowest BCUT2D eigenvalue weighted by molar-refractivity contribution is 0.328. The highest BCUT2D eigenvalue weighted by molar-refractivity contribution is 5.35. The molecule has 4 nitrogen and oxygen atoms in total. The third-order valence-corrected chi connectivity index (χ3v) is 3.36. The highest BCUT2D eigenvalue weighted by Gasteiger charge is 2.09. The Morgan fingerprint density at radius 2 is 2.10 bits per heavy atom. The molecule has 0 saturated heterocycles. The van der Waals surface area contributed by atoms with Crippen LogP contribution in [0.3, 0.4) is 0 Å². The molecule has 0 unspecified atom stereocenters. The van der Waals surface area contributed by atoms with Crippen molar-refractivity contribution in [3.05, 3.63) is 47.3 Å². The third-order valence-electron chi connectivity index (χ3n) is 3.36. The SMILES string of the molecule is Cc1cc(OCCN)ccc1Cn1nccc1C(C)C. The largest absolute Gasteiger partial charge is 0.492 e. The monoisotopic (exact) mass is 273 g/mol. The maximum atomic E-state index is 5.54. The second-order valence-corrected chi connectivity index (χ2v) is 5.29. The average molecular weight is 273 g/mol. The Morgan fingerprint density at radius 1 is 1.30 bits per heavy atom. The molecule has 2 rings (SSSR count). The summed E-state index contributed by atoms with van der Waals surface area (Å²) in [7, 11) is 0. The number of aryl methyl sites for hydroxylation is 1. The van der Waals surface area contributed by atoms with Crippen LogP contribution in [0.5, 0.6) is 5.75 Å². The second kappa shape index (κ2) is 6.57. The van der Waals surface area contributed by atoms with Gasteiger partial charge in [0.1, 0.15) is 12.4 Å². The minimum absolute atomic E-state index is 0.477. The van der Waals surface area contributed by atoms with E-state index in [2.05, 4.69) is 48.8 Å². The van der Waals surface area contributed by atoms with E-state index in [1.54, 1.807) is 0 Å². The van der Waals surface area contributed by atoms with E-state index >= 15 is 0 Å². The molecule has 108 valence electrons. The van der Waals surface area contributed by atoms with Crippen LogP contribution in [0.2, 0.25) is 0 Å². The normalized spacial score (nSPS) is 11.1. The smallest absolute Gasteiger partial charge is 0.119 e. The maximum absolute atomic E-state index is 5.54. The fourth-order valence-electron chi connectivity index (χ4n) is 2.24. The van der Waals surface area contributed by atoms with Gasteiger partial charge in [-0.05, 0) is 42.2 Å². The van der Waals surface area contributed by atoms with Gasteiger partial charge in [0.15, 0.2) is 0 Å². The first kappa shape index (κ1) is 14.6. The van der Waals surface area contributed by atoms with Crippen molar-refractivity contribution in [1.82, 2.24) is 9.78 Å². The minimum atomic E-state index is 0.477. The summed E-state index contributed by atoms with van der Waals surface area (Å²) in [5, 5.41) is 4.41. The molecule has 0 amide bonds. The molecule has 0 spiro atoms. The van der Waals surface area contributed by atoms with E-state index in [9.17, 15) is 0 Å². The van der Waals surface area contributed by atoms with E-state index in [-0.39, 0.29) is 0 Å². The van der Waals surface area contributed by atoms with Crippen LogP contribution in [0, 0.1) is 6.92 Å². The Morgan fingerprint density at radius 3 is 2.75 bits per heavy atom. The van der Waals surface area contributed by atoms with Gasteiger partial charge in [-0.1, -0.05) is 19.9 Å². The highest BCUT2D eigenvalue weighted by atomic mass is 16.5. The second-order valence-electron chi connectivity index (χ2n) is 5.29. The van der Waals surface area contributed by atoms with Crippen molar-refractivity contribution >= 4 is 0 Å². The molecule has 2 N–H and O–H groups in total. The summed E-state index contributed by atoms with van der Waals surface area (Å²) in [5.41, 5.74) is 9.17. The molecule has 1 aromatic heterocycles. The van der Waals surface area contributed by atoms with Crippen LogP contribution in [0.1, 0.15) is 36.6 Å². The molecular weight excluding hydrogens is 250 g/mol. The predicted molar refractivity (Wildman–Crippen MR) is 81.1 cm³/mol. The molecule has 0 bridgehead atoms. The number of rotatable bonds is 6. The summed E-state index contributed by atoms with van der Waals surface area (Å²) in [6, 6.07) is 8.24. The molecule has 0 aliphatic rings. The zero-order chi connectivity index (χ0) is 14.5. The zero-order valence-electron chi connectivity index (χ0n) is 12.5. The van der Waals surface area contributed by atoms with Gasteiger partial charge in [-0.15, -0.1) is 0 Å². The van der Waals surface area contributed by atoms with Gasteiger partial charge in [-0.2, -0.15) is 5.10 Å². The molecule has 4 heteroatoms. The molecule has 0 saturated carbocycles. The first-order valence-corrected chi connectivity index (χ1v) is 7.06. The van der Waals surface area contributed by atoms with Crippen molar-refractivity contribution in [3.8, 4) is 5.75 Å². The fraction of sp³-hybridized carbons (Fsp3) is 0.438. The lowest BCUT2D eigenvalue weighted by Crippen LogP contribution is -2.11. The minimum Gasteiger partial charge on any atom is -0.492 e. The lowest BCUT2D eigenvalue weighted by atomic mass is 10.1. The lowest BCUT2D eigenvalue weighted by Gasteiger charge is -2.13. The van der Waals surface area contributed by atoms with Gasteiger partial charge in [0, 0.05) is 18.4 Å². The number of nitrogens with zero attached hydrogens (tertiary/aromatic N) is 2. The topological polar surface area (TPSA) is 53.1 Å². The molecule has 20 heavy (non-hydrogen) atoms. The van der Waals surface area contributed by atoms with Crippen LogP contribution in [0.25, 0.3) is 0 Å². The van der Waals surface area contributed by atoms with Gasteiger partial charge in [0.2, 0.25) is 0 Å². The third kappa shape index (κ3) is 3.39. The van der Waals surface area contributed by atoms with Gasteiger partial charge >= 0.3 is 0 Å². The molecule has 0 aliphatic carbocycles. The zero-order valence-corrected chi connectivity index (χ0v) is 12.5. The van der Waals surface area contributed by atoms with E-state index in [0.29, 0.717) is 19.1 Å². The molecule has 1 heterocycles. The van der Waals surface area contributed by atoms with E-state index in [4.69, 9.17) is 10.5 Å². The van der Waals surface area contributed by atoms with Crippen LogP contribution in [0.15, 0.2) is 30.5 Å². The van der Waals surface area contributed by atoms with Gasteiger partial charge in [-0.25, -0.2) is 0 Å². The van der Waals surface area contributed by atoms with E-state index in [0.717, 1.165) is 12.3 Å². The predicted octanol–water partition coefficient (Wildman–Crippen LogP) is 2.70. The standard InChI is InChI=1S/C16H23N3O/c1-12(2)16-6-8-18-19(16)11-14-4-5-15(10-13(14)3)20-9-7-17/h4-6,8,10,12H,7,9,11,17H2,1-3H3. The van der Waals surface area contributed by atoms with Crippen LogP contribution in [0.4, 0.5) is 0 Å². The van der Waals surface area contributed by atoms with Crippen molar-refractivity contribution in [2.24, 2.45) is 5.73 Å². The van der Waals surface area contributed by atoms with Crippen LogP contribution in [-0.2, 0) is 6.54 Å². The van der Waals surface area contributed by atoms with Crippen LogP contribution in [-0.4, -0.2) is 22.9 Å². The van der Waals surface area contributed by atoms with Crippen molar-refractivity contribution in [3.63, 3.8) is 0 Å². The van der Waals surface area contributed by atoms with Crippen LogP contribution >= 0.6 is 0 Å². The molecule has 0 radical (unpaired) electrons. The van der Waals surface area contributed by atoms with Crippen molar-refractivity contribution in [1.29, 1.82) is 0 Å². The van der Waals surface area contributed by atoms with E-state index in [1.165, 1.54) is 16.8 Å². The molecular formula is C16H23N3O. The number of aromatic nitrogens is 2. The summed E-state index contributed by atoms with van der Waals surface area (Å²) in [5.74, 6) is 1.35. The number of benzene rings is 1. The quantitative estimate of drug-likeness (QED) is 0.880. The Balaban J connectivity index is 2.15. The molecule has 0 atom stereocenters. The highest BCUT2D eigenvalue weighted by Crippen LogP contribution is 2.20. The first-order valence-electron chi connectivity index (χ1n) is 7.06. The molecule has 0 aliphatic heterocycles. The summed E-state index contributed by atoms with van der Waals surface area (Å²) >= 11 is 0. The average Bonchev–Trinajstić information content (AvgIpc) is 2.87. The summed E-state index contributed by atoms with van der Waals surface area (Å²) < 4.78 is 7.60. The van der Waals surface area contributed by atoms with Crippen LogP contribution < -0.4 is 10.5 Å². The number of nitrogens with two attached hydrogens (primary N) is 1. The van der Waals surface area contributed by atoms with Crippen molar-refractivity contribution in [2.45, 2.75) is 33.2 Å². The first-order chi connectivity index (χ1) is 9.61. The van der Waals surface area contributed by atoms with Gasteiger partial charge in [0.25, 0.3) is 0 Å².